The molecule has 3 aromatic rings. The summed E-state index contributed by atoms with van der Waals surface area (Å²) in [5.41, 5.74) is 0.597. The zero-order chi connectivity index (χ0) is 22.8. The Morgan fingerprint density at radius 2 is 1.84 bits per heavy atom. The minimum Gasteiger partial charge on any atom is -0.324 e. The van der Waals surface area contributed by atoms with E-state index in [1.54, 1.807) is 18.2 Å². The molecular weight excluding hydrogens is 435 g/mol. The smallest absolute Gasteiger partial charge is 0.324 e. The van der Waals surface area contributed by atoms with Crippen LogP contribution in [0.5, 0.6) is 0 Å². The molecule has 0 saturated carbocycles. The van der Waals surface area contributed by atoms with Crippen LogP contribution in [0.25, 0.3) is 0 Å². The van der Waals surface area contributed by atoms with Crippen molar-refractivity contribution in [3.05, 3.63) is 70.0 Å². The first-order valence-electron chi connectivity index (χ1n) is 8.99. The van der Waals surface area contributed by atoms with E-state index in [4.69, 9.17) is 11.6 Å². The van der Waals surface area contributed by atoms with E-state index in [0.29, 0.717) is 10.7 Å². The number of amides is 2. The maximum atomic E-state index is 12.8. The minimum atomic E-state index is -4.53. The van der Waals surface area contributed by atoms with Crippen molar-refractivity contribution in [3.63, 3.8) is 0 Å². The topological polar surface area (TPSA) is 88.9 Å². The van der Waals surface area contributed by atoms with Gasteiger partial charge in [0.1, 0.15) is 6.54 Å². The third-order valence-corrected chi connectivity index (χ3v) is 4.65. The lowest BCUT2D eigenvalue weighted by Crippen LogP contribution is -2.21. The molecule has 0 fully saturated rings. The average Bonchev–Trinajstić information content (AvgIpc) is 3.04. The van der Waals surface area contributed by atoms with Crippen LogP contribution in [0.1, 0.15) is 27.3 Å². The molecule has 7 nitrogen and oxygen atoms in total. The highest BCUT2D eigenvalue weighted by Crippen LogP contribution is 2.30. The molecule has 162 valence electrons. The lowest BCUT2D eigenvalue weighted by molar-refractivity contribution is -0.137. The zero-order valence-electron chi connectivity index (χ0n) is 16.4. The lowest BCUT2D eigenvalue weighted by atomic mass is 10.2. The van der Waals surface area contributed by atoms with Crippen LogP contribution in [0.3, 0.4) is 0 Å². The Morgan fingerprint density at radius 3 is 2.55 bits per heavy atom. The molecule has 1 heterocycles. The van der Waals surface area contributed by atoms with Crippen molar-refractivity contribution >= 4 is 34.8 Å². The molecule has 2 amide bonds. The monoisotopic (exact) mass is 451 g/mol. The summed E-state index contributed by atoms with van der Waals surface area (Å²) in [6, 6.07) is 9.29. The highest BCUT2D eigenvalue weighted by atomic mass is 35.5. The number of benzene rings is 2. The summed E-state index contributed by atoms with van der Waals surface area (Å²) < 4.78 is 39.7. The van der Waals surface area contributed by atoms with Crippen LogP contribution in [0.2, 0.25) is 5.02 Å². The molecule has 0 aliphatic rings. The predicted octanol–water partition coefficient (Wildman–Crippen LogP) is 4.46. The SMILES string of the molecule is Cc1ccc(Cl)cc1NC(=O)Cn1nnc(C(=O)Nc2cccc(C(F)(F)F)c2)c1C. The molecule has 1 aromatic heterocycles. The standard InChI is InChI=1S/C20H17ClF3N5O2/c1-11-6-7-14(21)9-16(11)26-17(30)10-29-12(2)18(27-28-29)19(31)25-15-5-3-4-13(8-15)20(22,23)24/h3-9H,10H2,1-2H3,(H,25,31)(H,26,30). The van der Waals surface area contributed by atoms with Gasteiger partial charge in [-0.15, -0.1) is 5.10 Å². The summed E-state index contributed by atoms with van der Waals surface area (Å²) in [5, 5.41) is 13.1. The van der Waals surface area contributed by atoms with Gasteiger partial charge in [0.05, 0.1) is 11.3 Å². The normalized spacial score (nSPS) is 11.3. The molecule has 0 spiro atoms. The van der Waals surface area contributed by atoms with Gasteiger partial charge in [0.25, 0.3) is 5.91 Å². The molecule has 3 rings (SSSR count). The third kappa shape index (κ3) is 5.40. The van der Waals surface area contributed by atoms with E-state index < -0.39 is 23.6 Å². The number of nitrogens with zero attached hydrogens (tertiary/aromatic N) is 3. The van der Waals surface area contributed by atoms with Crippen LogP contribution in [-0.4, -0.2) is 26.8 Å². The molecule has 2 aromatic carbocycles. The number of rotatable bonds is 5. The van der Waals surface area contributed by atoms with E-state index in [-0.39, 0.29) is 23.6 Å². The van der Waals surface area contributed by atoms with Gasteiger partial charge in [0.15, 0.2) is 5.69 Å². The zero-order valence-corrected chi connectivity index (χ0v) is 17.2. The second-order valence-corrected chi connectivity index (χ2v) is 7.16. The van der Waals surface area contributed by atoms with Crippen LogP contribution in [0, 0.1) is 13.8 Å². The Morgan fingerprint density at radius 1 is 1.10 bits per heavy atom. The second kappa shape index (κ2) is 8.76. The maximum absolute atomic E-state index is 12.8. The van der Waals surface area contributed by atoms with Crippen LogP contribution in [0.4, 0.5) is 24.5 Å². The Balaban J connectivity index is 1.70. The summed E-state index contributed by atoms with van der Waals surface area (Å²) in [4.78, 5) is 24.8. The molecule has 0 aliphatic carbocycles. The Kier molecular flexibility index (Phi) is 6.30. The van der Waals surface area contributed by atoms with Crippen LogP contribution in [0.15, 0.2) is 42.5 Å². The molecule has 0 radical (unpaired) electrons. The van der Waals surface area contributed by atoms with Crippen molar-refractivity contribution in [2.45, 2.75) is 26.6 Å². The van der Waals surface area contributed by atoms with E-state index in [1.807, 2.05) is 6.92 Å². The Hall–Kier alpha value is -3.40. The molecule has 0 saturated heterocycles. The fourth-order valence-corrected chi connectivity index (χ4v) is 2.91. The Labute approximate surface area is 180 Å². The van der Waals surface area contributed by atoms with Crippen LogP contribution in [-0.2, 0) is 17.5 Å². The van der Waals surface area contributed by atoms with Crippen molar-refractivity contribution in [3.8, 4) is 0 Å². The van der Waals surface area contributed by atoms with Gasteiger partial charge >= 0.3 is 6.18 Å². The van der Waals surface area contributed by atoms with Crippen LogP contribution < -0.4 is 10.6 Å². The number of carbonyl (C=O) groups excluding carboxylic acids is 2. The number of aryl methyl sites for hydroxylation is 1. The summed E-state index contributed by atoms with van der Waals surface area (Å²) in [7, 11) is 0. The highest BCUT2D eigenvalue weighted by molar-refractivity contribution is 6.31. The number of alkyl halides is 3. The number of aromatic nitrogens is 3. The van der Waals surface area contributed by atoms with Crippen molar-refractivity contribution in [1.82, 2.24) is 15.0 Å². The lowest BCUT2D eigenvalue weighted by Gasteiger charge is -2.10. The fourth-order valence-electron chi connectivity index (χ4n) is 2.74. The summed E-state index contributed by atoms with van der Waals surface area (Å²) in [6.07, 6.45) is -4.53. The van der Waals surface area contributed by atoms with E-state index in [9.17, 15) is 22.8 Å². The van der Waals surface area contributed by atoms with Gasteiger partial charge in [-0.3, -0.25) is 9.59 Å². The first-order chi connectivity index (χ1) is 14.5. The average molecular weight is 452 g/mol. The molecule has 0 unspecified atom stereocenters. The second-order valence-electron chi connectivity index (χ2n) is 6.72. The van der Waals surface area contributed by atoms with Gasteiger partial charge < -0.3 is 10.6 Å². The largest absolute Gasteiger partial charge is 0.416 e. The number of nitrogens with one attached hydrogen (secondary N) is 2. The van der Waals surface area contributed by atoms with Gasteiger partial charge in [-0.25, -0.2) is 4.68 Å². The van der Waals surface area contributed by atoms with Gasteiger partial charge in [-0.1, -0.05) is 28.9 Å². The number of anilines is 2. The Bertz CT molecular complexity index is 1140. The summed E-state index contributed by atoms with van der Waals surface area (Å²) in [5.74, 6) is -1.16. The number of hydrogen-bond donors (Lipinski definition) is 2. The van der Waals surface area contributed by atoms with Gasteiger partial charge in [0.2, 0.25) is 5.91 Å². The molecule has 0 atom stereocenters. The molecule has 0 aliphatic heterocycles. The van der Waals surface area contributed by atoms with Crippen molar-refractivity contribution in [1.29, 1.82) is 0 Å². The predicted molar refractivity (Wildman–Crippen MR) is 109 cm³/mol. The van der Waals surface area contributed by atoms with Crippen LogP contribution >= 0.6 is 11.6 Å². The molecular formula is C20H17ClF3N5O2. The number of hydrogen-bond acceptors (Lipinski definition) is 4. The molecule has 11 heteroatoms. The van der Waals surface area contributed by atoms with Crippen molar-refractivity contribution in [2.24, 2.45) is 0 Å². The number of carbonyl (C=O) groups is 2. The summed E-state index contributed by atoms with van der Waals surface area (Å²) in [6.45, 7) is 3.11. The highest BCUT2D eigenvalue weighted by Gasteiger charge is 2.30. The van der Waals surface area contributed by atoms with E-state index >= 15 is 0 Å². The molecule has 0 bridgehead atoms. The quantitative estimate of drug-likeness (QED) is 0.599. The van der Waals surface area contributed by atoms with E-state index in [1.165, 1.54) is 23.7 Å². The molecule has 31 heavy (non-hydrogen) atoms. The first-order valence-corrected chi connectivity index (χ1v) is 9.37. The van der Waals surface area contributed by atoms with Crippen molar-refractivity contribution < 1.29 is 22.8 Å². The van der Waals surface area contributed by atoms with E-state index in [2.05, 4.69) is 20.9 Å². The van der Waals surface area contributed by atoms with Gasteiger partial charge in [-0.05, 0) is 49.7 Å². The molecule has 2 N–H and O–H groups in total. The number of halogens is 4. The minimum absolute atomic E-state index is 0.0389. The summed E-state index contributed by atoms with van der Waals surface area (Å²) >= 11 is 5.94. The van der Waals surface area contributed by atoms with Crippen molar-refractivity contribution in [2.75, 3.05) is 10.6 Å². The van der Waals surface area contributed by atoms with Gasteiger partial charge in [-0.2, -0.15) is 13.2 Å². The maximum Gasteiger partial charge on any atom is 0.416 e. The van der Waals surface area contributed by atoms with E-state index in [0.717, 1.165) is 17.7 Å². The first kappa shape index (κ1) is 22.3. The fraction of sp³-hybridized carbons (Fsp3) is 0.200. The third-order valence-electron chi connectivity index (χ3n) is 4.41. The van der Waals surface area contributed by atoms with Gasteiger partial charge in [0, 0.05) is 16.4 Å².